The molecule has 7 bridgehead atoms. The summed E-state index contributed by atoms with van der Waals surface area (Å²) >= 11 is 0. The molecule has 0 radical (unpaired) electrons. The number of likely N-dealkylation sites (N-methyl/N-ethyl adjacent to an activating group) is 1. The van der Waals surface area contributed by atoms with Crippen molar-refractivity contribution in [1.82, 2.24) is 4.90 Å². The molecule has 36 heavy (non-hydrogen) atoms. The van der Waals surface area contributed by atoms with E-state index in [4.69, 9.17) is 28.4 Å². The Balaban J connectivity index is 1.61. The first-order chi connectivity index (χ1) is 17.2. The van der Waals surface area contributed by atoms with E-state index in [1.54, 1.807) is 21.3 Å². The molecule has 7 fully saturated rings. The predicted molar refractivity (Wildman–Crippen MR) is 126 cm³/mol. The number of likely N-dealkylation sites (tertiary alicyclic amines) is 1. The molecule has 202 valence electrons. The first-order valence-corrected chi connectivity index (χ1v) is 13.7. The molecule has 9 heteroatoms. The highest BCUT2D eigenvalue weighted by molar-refractivity contribution is 5.67. The molecular weight excluding hydrogens is 466 g/mol. The molecule has 5 aliphatic carbocycles. The summed E-state index contributed by atoms with van der Waals surface area (Å²) in [6.07, 6.45) is 1.69. The lowest BCUT2D eigenvalue weighted by Gasteiger charge is -2.71. The van der Waals surface area contributed by atoms with E-state index in [1.807, 2.05) is 0 Å². The molecule has 7 aliphatic rings. The summed E-state index contributed by atoms with van der Waals surface area (Å²) in [5, 5.41) is 13.4. The van der Waals surface area contributed by atoms with Crippen LogP contribution in [0.15, 0.2) is 0 Å². The lowest BCUT2D eigenvalue weighted by atomic mass is 9.41. The molecule has 0 aromatic rings. The molecule has 7 rings (SSSR count). The molecule has 2 heterocycles. The largest absolute Gasteiger partial charge is 0.459 e. The van der Waals surface area contributed by atoms with Crippen LogP contribution in [-0.4, -0.2) is 104 Å². The first-order valence-electron chi connectivity index (χ1n) is 13.7. The summed E-state index contributed by atoms with van der Waals surface area (Å²) in [6.45, 7) is 7.72. The summed E-state index contributed by atoms with van der Waals surface area (Å²) in [7, 11) is 5.23. The van der Waals surface area contributed by atoms with Crippen molar-refractivity contribution < 1.29 is 38.3 Å². The number of rotatable bonds is 5. The van der Waals surface area contributed by atoms with E-state index >= 15 is 0 Å². The molecular formula is C27H41NO8. The maximum absolute atomic E-state index is 13.4. The molecule has 0 amide bonds. The summed E-state index contributed by atoms with van der Waals surface area (Å²) in [4.78, 5) is 15.3. The maximum Gasteiger partial charge on any atom is 0.303 e. The summed E-state index contributed by atoms with van der Waals surface area (Å²) in [5.74, 6) is -0.771. The second-order valence-electron chi connectivity index (χ2n) is 12.9. The fourth-order valence-corrected chi connectivity index (χ4v) is 11.7. The van der Waals surface area contributed by atoms with Crippen LogP contribution in [-0.2, 0) is 33.2 Å². The number of aliphatic hydroxyl groups is 1. The number of carbonyl (C=O) groups excluding carboxylic acids is 1. The van der Waals surface area contributed by atoms with Crippen molar-refractivity contribution in [3.05, 3.63) is 0 Å². The third-order valence-electron chi connectivity index (χ3n) is 12.2. The molecule has 8 unspecified atom stereocenters. The SMILES string of the molecule is CCN1C[C@]2(C)CCC(OC)[C@]34C2[C@H](OC(C)=O)[C@@]2(OCOC25C[C@H](OC)C2CC3(O)C5C2OC)C14. The zero-order valence-corrected chi connectivity index (χ0v) is 22.3. The summed E-state index contributed by atoms with van der Waals surface area (Å²) in [5.41, 5.74) is -3.94. The Morgan fingerprint density at radius 3 is 2.53 bits per heavy atom. The average molecular weight is 508 g/mol. The number of hydrogen-bond donors (Lipinski definition) is 1. The van der Waals surface area contributed by atoms with Crippen LogP contribution in [0.2, 0.25) is 0 Å². The van der Waals surface area contributed by atoms with Gasteiger partial charge in [-0.3, -0.25) is 9.69 Å². The Labute approximate surface area is 213 Å². The average Bonchev–Trinajstić information content (AvgIpc) is 3.40. The molecule has 5 saturated carbocycles. The van der Waals surface area contributed by atoms with Crippen LogP contribution < -0.4 is 0 Å². The van der Waals surface area contributed by atoms with Gasteiger partial charge >= 0.3 is 5.97 Å². The number of methoxy groups -OCH3 is 3. The maximum atomic E-state index is 13.4. The van der Waals surface area contributed by atoms with Crippen molar-refractivity contribution in [3.63, 3.8) is 0 Å². The number of fused-ring (bicyclic) bond motifs is 1. The Hall–Kier alpha value is -0.810. The van der Waals surface area contributed by atoms with E-state index in [9.17, 15) is 9.90 Å². The van der Waals surface area contributed by atoms with Crippen LogP contribution >= 0.6 is 0 Å². The number of nitrogens with zero attached hydrogens (tertiary/aromatic N) is 1. The number of esters is 1. The quantitative estimate of drug-likeness (QED) is 0.553. The predicted octanol–water partition coefficient (Wildman–Crippen LogP) is 1.35. The molecule has 3 spiro atoms. The molecule has 0 aromatic heterocycles. The molecule has 2 aliphatic heterocycles. The lowest BCUT2D eigenvalue weighted by molar-refractivity contribution is -0.332. The highest BCUT2D eigenvalue weighted by Gasteiger charge is 2.97. The van der Waals surface area contributed by atoms with Crippen LogP contribution in [0.25, 0.3) is 0 Å². The van der Waals surface area contributed by atoms with Gasteiger partial charge in [-0.1, -0.05) is 13.8 Å². The van der Waals surface area contributed by atoms with E-state index in [0.29, 0.717) is 12.8 Å². The van der Waals surface area contributed by atoms with Gasteiger partial charge in [0, 0.05) is 59.0 Å². The van der Waals surface area contributed by atoms with Crippen molar-refractivity contribution in [2.24, 2.45) is 28.6 Å². The van der Waals surface area contributed by atoms with Crippen LogP contribution in [0.3, 0.4) is 0 Å². The van der Waals surface area contributed by atoms with E-state index in [0.717, 1.165) is 25.9 Å². The molecule has 2 saturated heterocycles. The van der Waals surface area contributed by atoms with Crippen LogP contribution in [0, 0.1) is 28.6 Å². The van der Waals surface area contributed by atoms with Gasteiger partial charge in [-0.05, 0) is 31.2 Å². The fraction of sp³-hybridized carbons (Fsp3) is 0.963. The fourth-order valence-electron chi connectivity index (χ4n) is 11.7. The van der Waals surface area contributed by atoms with Crippen molar-refractivity contribution in [3.8, 4) is 0 Å². The molecule has 0 aromatic carbocycles. The Bertz CT molecular complexity index is 979. The minimum Gasteiger partial charge on any atom is -0.459 e. The van der Waals surface area contributed by atoms with E-state index < -0.39 is 28.3 Å². The minimum atomic E-state index is -1.16. The second-order valence-corrected chi connectivity index (χ2v) is 12.9. The van der Waals surface area contributed by atoms with Gasteiger partial charge in [-0.25, -0.2) is 0 Å². The van der Waals surface area contributed by atoms with Gasteiger partial charge < -0.3 is 33.5 Å². The van der Waals surface area contributed by atoms with E-state index in [2.05, 4.69) is 18.7 Å². The van der Waals surface area contributed by atoms with Crippen LogP contribution in [0.5, 0.6) is 0 Å². The first kappa shape index (κ1) is 24.2. The second kappa shape index (κ2) is 7.23. The zero-order valence-electron chi connectivity index (χ0n) is 22.3. The van der Waals surface area contributed by atoms with Crippen molar-refractivity contribution in [2.45, 2.75) is 93.7 Å². The Morgan fingerprint density at radius 2 is 1.89 bits per heavy atom. The van der Waals surface area contributed by atoms with Crippen molar-refractivity contribution in [2.75, 3.05) is 41.2 Å². The smallest absolute Gasteiger partial charge is 0.303 e. The third-order valence-corrected chi connectivity index (χ3v) is 12.2. The third kappa shape index (κ3) is 2.16. The van der Waals surface area contributed by atoms with Gasteiger partial charge in [-0.2, -0.15) is 0 Å². The number of carbonyl (C=O) groups is 1. The monoisotopic (exact) mass is 507 g/mol. The number of hydrogen-bond acceptors (Lipinski definition) is 9. The Kier molecular flexibility index (Phi) is 4.87. The molecule has 13 atom stereocenters. The molecule has 1 N–H and O–H groups in total. The van der Waals surface area contributed by atoms with Crippen molar-refractivity contribution in [1.29, 1.82) is 0 Å². The van der Waals surface area contributed by atoms with Gasteiger partial charge in [0.1, 0.15) is 18.5 Å². The highest BCUT2D eigenvalue weighted by atomic mass is 16.7. The topological polar surface area (TPSA) is 95.9 Å². The van der Waals surface area contributed by atoms with Gasteiger partial charge in [0.05, 0.1) is 35.4 Å². The van der Waals surface area contributed by atoms with Gasteiger partial charge in [0.15, 0.2) is 5.60 Å². The highest BCUT2D eigenvalue weighted by Crippen LogP contribution is 2.83. The van der Waals surface area contributed by atoms with E-state index in [1.165, 1.54) is 6.92 Å². The van der Waals surface area contributed by atoms with Crippen LogP contribution in [0.4, 0.5) is 0 Å². The summed E-state index contributed by atoms with van der Waals surface area (Å²) < 4.78 is 38.7. The normalized spacial score (nSPS) is 60.2. The zero-order chi connectivity index (χ0) is 25.5. The van der Waals surface area contributed by atoms with Crippen LogP contribution in [0.1, 0.15) is 46.5 Å². The van der Waals surface area contributed by atoms with Gasteiger partial charge in [0.2, 0.25) is 0 Å². The standard InChI is InChI=1S/C27H41NO8/c1-7-28-12-23(3)9-8-17(32-5)26-20(23)21(36-14(2)29)27(22(26)28)25(34-13-35-27)11-16(31-4)15-10-24(26,30)19(25)18(15)33-6/h15-22,30H,7-13H2,1-6H3/t15?,16-,17?,18?,19?,20?,21-,22?,23-,24?,25?,26+,27+/m0/s1. The van der Waals surface area contributed by atoms with Crippen molar-refractivity contribution >= 4 is 5.97 Å². The Morgan fingerprint density at radius 1 is 1.11 bits per heavy atom. The number of ether oxygens (including phenoxy) is 6. The molecule has 9 nitrogen and oxygen atoms in total. The summed E-state index contributed by atoms with van der Waals surface area (Å²) in [6, 6.07) is -0.224. The van der Waals surface area contributed by atoms with E-state index in [-0.39, 0.29) is 60.3 Å². The van der Waals surface area contributed by atoms with Gasteiger partial charge in [-0.15, -0.1) is 0 Å². The minimum absolute atomic E-state index is 0.0317. The van der Waals surface area contributed by atoms with Gasteiger partial charge in [0.25, 0.3) is 0 Å². The number of piperidine rings is 1. The lowest BCUT2D eigenvalue weighted by Crippen LogP contribution is -2.85.